The molecule has 22 heavy (non-hydrogen) atoms. The lowest BCUT2D eigenvalue weighted by atomic mass is 10.3. The van der Waals surface area contributed by atoms with Gasteiger partial charge in [0.15, 0.2) is 11.9 Å². The molecule has 0 bridgehead atoms. The molecular formula is C13H19F3N4O2. The lowest BCUT2D eigenvalue weighted by molar-refractivity contribution is -0.205. The molecule has 0 aliphatic rings. The summed E-state index contributed by atoms with van der Waals surface area (Å²) in [7, 11) is 4.63. The highest BCUT2D eigenvalue weighted by molar-refractivity contribution is 5.92. The number of amides is 2. The van der Waals surface area contributed by atoms with Gasteiger partial charge < -0.3 is 20.2 Å². The number of rotatable bonds is 4. The van der Waals surface area contributed by atoms with Crippen LogP contribution in [0.1, 0.15) is 5.69 Å². The summed E-state index contributed by atoms with van der Waals surface area (Å²) in [5.74, 6) is 0.484. The third-order valence-corrected chi connectivity index (χ3v) is 2.85. The van der Waals surface area contributed by atoms with Crippen LogP contribution in [0.2, 0.25) is 0 Å². The van der Waals surface area contributed by atoms with E-state index < -0.39 is 24.9 Å². The van der Waals surface area contributed by atoms with Gasteiger partial charge in [-0.3, -0.25) is 0 Å². The second kappa shape index (κ2) is 6.82. The number of likely N-dealkylation sites (N-methyl/N-ethyl adjacent to an activating group) is 1. The Morgan fingerprint density at radius 3 is 2.45 bits per heavy atom. The number of nitrogens with zero attached hydrogens (tertiary/aromatic N) is 3. The van der Waals surface area contributed by atoms with Gasteiger partial charge in [-0.05, 0) is 19.1 Å². The van der Waals surface area contributed by atoms with Crippen LogP contribution in [0.5, 0.6) is 0 Å². The minimum atomic E-state index is -4.77. The number of aliphatic hydroxyl groups excluding tert-OH is 1. The number of aromatic nitrogens is 1. The topological polar surface area (TPSA) is 68.7 Å². The number of urea groups is 1. The van der Waals surface area contributed by atoms with Crippen LogP contribution in [-0.2, 0) is 0 Å². The van der Waals surface area contributed by atoms with Gasteiger partial charge in [0.05, 0.1) is 12.2 Å². The number of anilines is 2. The Morgan fingerprint density at radius 2 is 1.95 bits per heavy atom. The molecule has 0 fully saturated rings. The van der Waals surface area contributed by atoms with Gasteiger partial charge in [-0.25, -0.2) is 9.78 Å². The van der Waals surface area contributed by atoms with Crippen LogP contribution >= 0.6 is 0 Å². The molecule has 0 aliphatic carbocycles. The van der Waals surface area contributed by atoms with Gasteiger partial charge in [-0.2, -0.15) is 13.2 Å². The molecule has 9 heteroatoms. The number of hydrogen-bond donors (Lipinski definition) is 2. The number of pyridine rings is 1. The predicted molar refractivity (Wildman–Crippen MR) is 77.0 cm³/mol. The van der Waals surface area contributed by atoms with Crippen molar-refractivity contribution in [1.29, 1.82) is 0 Å². The summed E-state index contributed by atoms with van der Waals surface area (Å²) in [6, 6.07) is 2.52. The largest absolute Gasteiger partial charge is 0.416 e. The summed E-state index contributed by atoms with van der Waals surface area (Å²) in [5, 5.41) is 11.5. The van der Waals surface area contributed by atoms with Crippen LogP contribution in [0.3, 0.4) is 0 Å². The Bertz CT molecular complexity index is 535. The van der Waals surface area contributed by atoms with Gasteiger partial charge in [0.1, 0.15) is 0 Å². The maximum atomic E-state index is 12.3. The molecule has 2 amide bonds. The molecule has 0 aliphatic heterocycles. The van der Waals surface area contributed by atoms with Crippen molar-refractivity contribution < 1.29 is 23.1 Å². The molecule has 1 unspecified atom stereocenters. The van der Waals surface area contributed by atoms with E-state index >= 15 is 0 Å². The molecule has 0 radical (unpaired) electrons. The number of halogens is 3. The molecular weight excluding hydrogens is 301 g/mol. The first kappa shape index (κ1) is 18.0. The number of carbonyl (C=O) groups is 1. The Hall–Kier alpha value is -2.03. The molecule has 6 nitrogen and oxygen atoms in total. The first-order valence-electron chi connectivity index (χ1n) is 6.44. The Kier molecular flexibility index (Phi) is 5.59. The first-order valence-corrected chi connectivity index (χ1v) is 6.44. The fourth-order valence-electron chi connectivity index (χ4n) is 1.64. The molecule has 124 valence electrons. The van der Waals surface area contributed by atoms with E-state index in [4.69, 9.17) is 5.11 Å². The zero-order chi connectivity index (χ0) is 17.1. The standard InChI is InChI=1S/C13H19F3N4O2/c1-8-5-6-9(11(17-8)19(2)3)18-12(22)20(4)7-10(21)13(14,15)16/h5-6,10,21H,7H2,1-4H3,(H,18,22). The quantitative estimate of drug-likeness (QED) is 0.888. The molecule has 1 rings (SSSR count). The highest BCUT2D eigenvalue weighted by atomic mass is 19.4. The van der Waals surface area contributed by atoms with Crippen molar-refractivity contribution in [2.24, 2.45) is 0 Å². The van der Waals surface area contributed by atoms with Gasteiger partial charge >= 0.3 is 12.2 Å². The summed E-state index contributed by atoms with van der Waals surface area (Å²) >= 11 is 0. The van der Waals surface area contributed by atoms with Crippen molar-refractivity contribution in [3.63, 3.8) is 0 Å². The highest BCUT2D eigenvalue weighted by Crippen LogP contribution is 2.23. The average molecular weight is 320 g/mol. The van der Waals surface area contributed by atoms with Crippen molar-refractivity contribution in [2.75, 3.05) is 37.9 Å². The molecule has 0 spiro atoms. The Morgan fingerprint density at radius 1 is 1.36 bits per heavy atom. The second-order valence-electron chi connectivity index (χ2n) is 5.09. The van der Waals surface area contributed by atoms with Gasteiger partial charge in [0, 0.05) is 26.8 Å². The van der Waals surface area contributed by atoms with E-state index in [9.17, 15) is 18.0 Å². The van der Waals surface area contributed by atoms with E-state index in [1.807, 2.05) is 0 Å². The SMILES string of the molecule is Cc1ccc(NC(=O)N(C)CC(O)C(F)(F)F)c(N(C)C)n1. The van der Waals surface area contributed by atoms with Crippen molar-refractivity contribution in [3.8, 4) is 0 Å². The average Bonchev–Trinajstić information content (AvgIpc) is 2.39. The molecule has 2 N–H and O–H groups in total. The van der Waals surface area contributed by atoms with Crippen LogP contribution in [0.4, 0.5) is 29.5 Å². The van der Waals surface area contributed by atoms with Crippen LogP contribution in [0, 0.1) is 6.92 Å². The van der Waals surface area contributed by atoms with Gasteiger partial charge in [-0.15, -0.1) is 0 Å². The van der Waals surface area contributed by atoms with Crippen molar-refractivity contribution in [2.45, 2.75) is 19.2 Å². The maximum absolute atomic E-state index is 12.3. The lowest BCUT2D eigenvalue weighted by Gasteiger charge is -2.24. The number of hydrogen-bond acceptors (Lipinski definition) is 4. The number of aliphatic hydroxyl groups is 1. The van der Waals surface area contributed by atoms with Crippen LogP contribution in [0.25, 0.3) is 0 Å². The summed E-state index contributed by atoms with van der Waals surface area (Å²) in [5.41, 5.74) is 1.11. The van der Waals surface area contributed by atoms with E-state index in [-0.39, 0.29) is 0 Å². The van der Waals surface area contributed by atoms with E-state index in [0.717, 1.165) is 10.6 Å². The monoisotopic (exact) mass is 320 g/mol. The zero-order valence-electron chi connectivity index (χ0n) is 12.8. The normalized spacial score (nSPS) is 12.7. The summed E-state index contributed by atoms with van der Waals surface area (Å²) in [6.45, 7) is 0.927. The molecule has 1 aromatic rings. The number of aryl methyl sites for hydroxylation is 1. The summed E-state index contributed by atoms with van der Waals surface area (Å²) in [4.78, 5) is 18.6. The van der Waals surface area contributed by atoms with Crippen LogP contribution in [-0.4, -0.2) is 61.0 Å². The molecule has 1 aromatic heterocycles. The van der Waals surface area contributed by atoms with E-state index in [1.165, 1.54) is 7.05 Å². The van der Waals surface area contributed by atoms with E-state index in [1.54, 1.807) is 38.1 Å². The Labute approximate surface area is 126 Å². The summed E-state index contributed by atoms with van der Waals surface area (Å²) in [6.07, 6.45) is -7.36. The number of nitrogens with one attached hydrogen (secondary N) is 1. The molecule has 0 saturated heterocycles. The minimum Gasteiger partial charge on any atom is -0.382 e. The third-order valence-electron chi connectivity index (χ3n) is 2.85. The van der Waals surface area contributed by atoms with E-state index in [0.29, 0.717) is 11.5 Å². The first-order chi connectivity index (χ1) is 10.0. The van der Waals surface area contributed by atoms with Crippen molar-refractivity contribution in [1.82, 2.24) is 9.88 Å². The van der Waals surface area contributed by atoms with Crippen molar-refractivity contribution >= 4 is 17.5 Å². The zero-order valence-corrected chi connectivity index (χ0v) is 12.8. The number of carbonyl (C=O) groups excluding carboxylic acids is 1. The highest BCUT2D eigenvalue weighted by Gasteiger charge is 2.39. The van der Waals surface area contributed by atoms with Crippen LogP contribution in [0.15, 0.2) is 12.1 Å². The lowest BCUT2D eigenvalue weighted by Crippen LogP contribution is -2.43. The van der Waals surface area contributed by atoms with Gasteiger partial charge in [-0.1, -0.05) is 0 Å². The van der Waals surface area contributed by atoms with Gasteiger partial charge in [0.25, 0.3) is 0 Å². The Balaban J connectivity index is 2.81. The molecule has 1 atom stereocenters. The predicted octanol–water partition coefficient (Wildman–Crippen LogP) is 1.84. The van der Waals surface area contributed by atoms with Crippen LogP contribution < -0.4 is 10.2 Å². The third kappa shape index (κ3) is 4.76. The molecule has 0 aromatic carbocycles. The fourth-order valence-corrected chi connectivity index (χ4v) is 1.64. The van der Waals surface area contributed by atoms with Crippen molar-refractivity contribution in [3.05, 3.63) is 17.8 Å². The molecule has 1 heterocycles. The number of alkyl halides is 3. The minimum absolute atomic E-state index is 0.369. The maximum Gasteiger partial charge on any atom is 0.416 e. The van der Waals surface area contributed by atoms with Gasteiger partial charge in [0.2, 0.25) is 0 Å². The smallest absolute Gasteiger partial charge is 0.382 e. The second-order valence-corrected chi connectivity index (χ2v) is 5.09. The van der Waals surface area contributed by atoms with E-state index in [2.05, 4.69) is 10.3 Å². The fraction of sp³-hybridized carbons (Fsp3) is 0.538. The summed E-state index contributed by atoms with van der Waals surface area (Å²) < 4.78 is 36.9. The molecule has 0 saturated carbocycles.